The minimum atomic E-state index is -0.485. The van der Waals surface area contributed by atoms with E-state index in [9.17, 15) is 9.59 Å². The average molecular weight is 283 g/mol. The number of hydroxylamine groups is 2. The Bertz CT molecular complexity index is 363. The van der Waals surface area contributed by atoms with Gasteiger partial charge < -0.3 is 9.57 Å². The van der Waals surface area contributed by atoms with Crippen LogP contribution in [0.15, 0.2) is 12.2 Å². The molecule has 0 saturated carbocycles. The van der Waals surface area contributed by atoms with Crippen molar-refractivity contribution in [1.82, 2.24) is 5.06 Å². The molecular formula is C15H25NO4. The maximum Gasteiger partial charge on any atom is 0.330 e. The van der Waals surface area contributed by atoms with Crippen LogP contribution in [0.4, 0.5) is 0 Å². The molecule has 0 N–H and O–H groups in total. The Labute approximate surface area is 120 Å². The molecule has 0 aromatic rings. The van der Waals surface area contributed by atoms with E-state index in [4.69, 9.17) is 9.57 Å². The Morgan fingerprint density at radius 2 is 1.85 bits per heavy atom. The minimum Gasteiger partial charge on any atom is -0.463 e. The number of esters is 1. The quantitative estimate of drug-likeness (QED) is 0.585. The fourth-order valence-electron chi connectivity index (χ4n) is 1.82. The number of carbonyl (C=O) groups is 2. The summed E-state index contributed by atoms with van der Waals surface area (Å²) in [5, 5.41) is 1.71. The van der Waals surface area contributed by atoms with E-state index in [1.165, 1.54) is 6.08 Å². The molecule has 1 aliphatic rings. The molecule has 0 amide bonds. The van der Waals surface area contributed by atoms with Crippen molar-refractivity contribution in [2.75, 3.05) is 19.7 Å². The van der Waals surface area contributed by atoms with Crippen molar-refractivity contribution >= 4 is 11.9 Å². The Kier molecular flexibility index (Phi) is 6.20. The normalized spacial score (nSPS) is 18.2. The van der Waals surface area contributed by atoms with Gasteiger partial charge in [0.05, 0.1) is 12.0 Å². The number of ether oxygens (including phenoxy) is 1. The van der Waals surface area contributed by atoms with Crippen LogP contribution in [0, 0.1) is 11.3 Å². The molecular weight excluding hydrogens is 258 g/mol. The average Bonchev–Trinajstić information content (AvgIpc) is 2.37. The Morgan fingerprint density at radius 1 is 1.25 bits per heavy atom. The molecule has 20 heavy (non-hydrogen) atoms. The molecule has 0 spiro atoms. The summed E-state index contributed by atoms with van der Waals surface area (Å²) in [6.07, 6.45) is 5.12. The summed E-state index contributed by atoms with van der Waals surface area (Å²) in [4.78, 5) is 28.3. The van der Waals surface area contributed by atoms with Crippen molar-refractivity contribution in [1.29, 1.82) is 0 Å². The first-order valence-corrected chi connectivity index (χ1v) is 7.15. The Balaban J connectivity index is 2.33. The summed E-state index contributed by atoms with van der Waals surface area (Å²) in [5.41, 5.74) is -0.485. The number of piperidine rings is 1. The second-order valence-electron chi connectivity index (χ2n) is 6.01. The molecule has 0 atom stereocenters. The first-order valence-electron chi connectivity index (χ1n) is 7.15. The number of allylic oxidation sites excluding steroid dienone is 1. The van der Waals surface area contributed by atoms with Crippen LogP contribution < -0.4 is 0 Å². The molecule has 0 aliphatic carbocycles. The van der Waals surface area contributed by atoms with Gasteiger partial charge in [0.25, 0.3) is 0 Å². The van der Waals surface area contributed by atoms with Crippen molar-refractivity contribution in [2.45, 2.75) is 40.5 Å². The lowest BCUT2D eigenvalue weighted by molar-refractivity contribution is -0.205. The van der Waals surface area contributed by atoms with Crippen molar-refractivity contribution in [3.05, 3.63) is 12.2 Å². The van der Waals surface area contributed by atoms with Gasteiger partial charge in [-0.2, -0.15) is 0 Å². The van der Waals surface area contributed by atoms with E-state index in [1.807, 2.05) is 26.8 Å². The molecule has 1 fully saturated rings. The Morgan fingerprint density at radius 3 is 2.35 bits per heavy atom. The molecule has 5 nitrogen and oxygen atoms in total. The lowest BCUT2D eigenvalue weighted by atomic mass is 9.97. The van der Waals surface area contributed by atoms with E-state index in [1.54, 1.807) is 12.0 Å². The van der Waals surface area contributed by atoms with Crippen LogP contribution in [0.2, 0.25) is 0 Å². The van der Waals surface area contributed by atoms with Gasteiger partial charge in [-0.15, -0.1) is 5.06 Å². The SMILES string of the molecule is CCOC(=O)C=CC1CCN(OC(=O)C(C)(C)C)CC1. The van der Waals surface area contributed by atoms with E-state index >= 15 is 0 Å². The number of nitrogens with zero attached hydrogens (tertiary/aromatic N) is 1. The third-order valence-corrected chi connectivity index (χ3v) is 3.11. The summed E-state index contributed by atoms with van der Waals surface area (Å²) in [5.74, 6) is -0.170. The molecule has 1 rings (SSSR count). The van der Waals surface area contributed by atoms with Gasteiger partial charge >= 0.3 is 11.9 Å². The molecule has 0 aromatic carbocycles. The van der Waals surface area contributed by atoms with Gasteiger partial charge in [-0.3, -0.25) is 0 Å². The maximum absolute atomic E-state index is 11.8. The van der Waals surface area contributed by atoms with Crippen LogP contribution in [0.5, 0.6) is 0 Å². The first kappa shape index (κ1) is 16.7. The van der Waals surface area contributed by atoms with Crippen molar-refractivity contribution < 1.29 is 19.2 Å². The van der Waals surface area contributed by atoms with Gasteiger partial charge in [0.2, 0.25) is 0 Å². The predicted octanol–water partition coefficient (Wildman–Crippen LogP) is 2.32. The number of carbonyl (C=O) groups excluding carboxylic acids is 2. The molecule has 1 heterocycles. The van der Waals surface area contributed by atoms with Gasteiger partial charge in [-0.05, 0) is 46.5 Å². The fourth-order valence-corrected chi connectivity index (χ4v) is 1.82. The minimum absolute atomic E-state index is 0.210. The van der Waals surface area contributed by atoms with E-state index in [-0.39, 0.29) is 11.9 Å². The number of hydrogen-bond acceptors (Lipinski definition) is 5. The topological polar surface area (TPSA) is 55.8 Å². The van der Waals surface area contributed by atoms with E-state index < -0.39 is 5.41 Å². The summed E-state index contributed by atoms with van der Waals surface area (Å²) in [6, 6.07) is 0. The van der Waals surface area contributed by atoms with E-state index in [2.05, 4.69) is 0 Å². The molecule has 0 bridgehead atoms. The van der Waals surface area contributed by atoms with Crippen LogP contribution in [0.25, 0.3) is 0 Å². The van der Waals surface area contributed by atoms with Gasteiger partial charge in [-0.25, -0.2) is 9.59 Å². The summed E-state index contributed by atoms with van der Waals surface area (Å²) >= 11 is 0. The van der Waals surface area contributed by atoms with Gasteiger partial charge in [-0.1, -0.05) is 6.08 Å². The van der Waals surface area contributed by atoms with Crippen molar-refractivity contribution in [2.24, 2.45) is 11.3 Å². The highest BCUT2D eigenvalue weighted by Gasteiger charge is 2.27. The van der Waals surface area contributed by atoms with Gasteiger partial charge in [0, 0.05) is 19.2 Å². The largest absolute Gasteiger partial charge is 0.463 e. The van der Waals surface area contributed by atoms with Crippen LogP contribution in [-0.2, 0) is 19.2 Å². The lowest BCUT2D eigenvalue weighted by Gasteiger charge is -2.31. The zero-order valence-corrected chi connectivity index (χ0v) is 12.8. The molecule has 1 saturated heterocycles. The second-order valence-corrected chi connectivity index (χ2v) is 6.01. The zero-order chi connectivity index (χ0) is 15.2. The lowest BCUT2D eigenvalue weighted by Crippen LogP contribution is -2.38. The maximum atomic E-state index is 11.8. The highest BCUT2D eigenvalue weighted by Crippen LogP contribution is 2.21. The van der Waals surface area contributed by atoms with E-state index in [0.29, 0.717) is 25.6 Å². The first-order chi connectivity index (χ1) is 9.32. The third-order valence-electron chi connectivity index (χ3n) is 3.11. The molecule has 1 aliphatic heterocycles. The molecule has 0 radical (unpaired) electrons. The summed E-state index contributed by atoms with van der Waals surface area (Å²) in [6.45, 7) is 9.08. The number of hydrogen-bond donors (Lipinski definition) is 0. The fraction of sp³-hybridized carbons (Fsp3) is 0.733. The van der Waals surface area contributed by atoms with Crippen molar-refractivity contribution in [3.63, 3.8) is 0 Å². The summed E-state index contributed by atoms with van der Waals surface area (Å²) in [7, 11) is 0. The van der Waals surface area contributed by atoms with Crippen LogP contribution in [0.3, 0.4) is 0 Å². The standard InChI is InChI=1S/C15H25NO4/c1-5-19-13(17)7-6-12-8-10-16(11-9-12)20-14(18)15(2,3)4/h6-7,12H,5,8-11H2,1-4H3. The molecule has 0 unspecified atom stereocenters. The third kappa shape index (κ3) is 5.74. The molecule has 5 heteroatoms. The Hall–Kier alpha value is -1.36. The van der Waals surface area contributed by atoms with Crippen LogP contribution in [0.1, 0.15) is 40.5 Å². The monoisotopic (exact) mass is 283 g/mol. The second kappa shape index (κ2) is 7.43. The van der Waals surface area contributed by atoms with E-state index in [0.717, 1.165) is 12.8 Å². The predicted molar refractivity (Wildman–Crippen MR) is 75.6 cm³/mol. The molecule has 0 aromatic heterocycles. The highest BCUT2D eigenvalue weighted by atomic mass is 16.7. The summed E-state index contributed by atoms with van der Waals surface area (Å²) < 4.78 is 4.84. The number of rotatable bonds is 4. The zero-order valence-electron chi connectivity index (χ0n) is 12.8. The van der Waals surface area contributed by atoms with Crippen LogP contribution >= 0.6 is 0 Å². The van der Waals surface area contributed by atoms with Gasteiger partial charge in [0.15, 0.2) is 0 Å². The van der Waals surface area contributed by atoms with Gasteiger partial charge in [0.1, 0.15) is 0 Å². The van der Waals surface area contributed by atoms with Crippen LogP contribution in [-0.4, -0.2) is 36.7 Å². The highest BCUT2D eigenvalue weighted by molar-refractivity contribution is 5.81. The molecule has 114 valence electrons. The smallest absolute Gasteiger partial charge is 0.330 e. The van der Waals surface area contributed by atoms with Crippen molar-refractivity contribution in [3.8, 4) is 0 Å².